The van der Waals surface area contributed by atoms with Crippen LogP contribution in [0.5, 0.6) is 0 Å². The van der Waals surface area contributed by atoms with E-state index in [0.717, 1.165) is 6.54 Å². The van der Waals surface area contributed by atoms with E-state index in [1.54, 1.807) is 6.20 Å². The monoisotopic (exact) mass is 162 g/mol. The molecule has 0 spiro atoms. The summed E-state index contributed by atoms with van der Waals surface area (Å²) in [7, 11) is 0. The topological polar surface area (TPSA) is 38.0 Å². The lowest BCUT2D eigenvalue weighted by molar-refractivity contribution is 0.851. The number of hydrogen-bond acceptors (Lipinski definition) is 2. The minimum absolute atomic E-state index is 0.592. The summed E-state index contributed by atoms with van der Waals surface area (Å²) >= 11 is 0. The van der Waals surface area contributed by atoms with Gasteiger partial charge in [-0.05, 0) is 17.3 Å². The number of nitrogens with two attached hydrogens (primary N) is 1. The van der Waals surface area contributed by atoms with Gasteiger partial charge in [-0.2, -0.15) is 0 Å². The van der Waals surface area contributed by atoms with Crippen LogP contribution >= 0.6 is 0 Å². The zero-order valence-corrected chi connectivity index (χ0v) is 7.09. The van der Waals surface area contributed by atoms with Gasteiger partial charge >= 0.3 is 0 Å². The average molecular weight is 162 g/mol. The molecule has 0 aromatic heterocycles. The summed E-state index contributed by atoms with van der Waals surface area (Å²) in [4.78, 5) is 0. The van der Waals surface area contributed by atoms with Gasteiger partial charge in [0.25, 0.3) is 0 Å². The van der Waals surface area contributed by atoms with E-state index < -0.39 is 0 Å². The molecule has 0 saturated heterocycles. The summed E-state index contributed by atoms with van der Waals surface area (Å²) in [6, 6.07) is 8.12. The molecule has 1 aromatic rings. The van der Waals surface area contributed by atoms with Crippen molar-refractivity contribution in [2.75, 3.05) is 0 Å². The first-order valence-electron chi connectivity index (χ1n) is 3.99. The lowest BCUT2D eigenvalue weighted by atomic mass is 10.1. The molecule has 0 fully saturated rings. The second kappa shape index (κ2) is 4.57. The standard InChI is InChI=1S/C10H14N2/c1-2-12-8-10-6-4-3-5-9(10)7-11/h2-6,12H,1,7-8,11H2. The normalized spacial score (nSPS) is 9.42. The fraction of sp³-hybridized carbons (Fsp3) is 0.200. The number of nitrogens with one attached hydrogen (secondary N) is 1. The predicted molar refractivity (Wildman–Crippen MR) is 51.4 cm³/mol. The molecule has 0 radical (unpaired) electrons. The van der Waals surface area contributed by atoms with Crippen molar-refractivity contribution in [1.29, 1.82) is 0 Å². The molecule has 0 aliphatic rings. The van der Waals surface area contributed by atoms with E-state index in [0.29, 0.717) is 6.54 Å². The maximum atomic E-state index is 5.57. The van der Waals surface area contributed by atoms with Gasteiger partial charge in [0.1, 0.15) is 0 Å². The molecule has 0 aliphatic heterocycles. The highest BCUT2D eigenvalue weighted by Crippen LogP contribution is 2.06. The molecule has 0 heterocycles. The Bertz CT molecular complexity index is 256. The average Bonchev–Trinajstić information content (AvgIpc) is 2.15. The molecule has 0 aliphatic carbocycles. The van der Waals surface area contributed by atoms with Crippen molar-refractivity contribution >= 4 is 0 Å². The van der Waals surface area contributed by atoms with Crippen molar-refractivity contribution in [3.63, 3.8) is 0 Å². The van der Waals surface area contributed by atoms with E-state index in [-0.39, 0.29) is 0 Å². The zero-order valence-electron chi connectivity index (χ0n) is 7.09. The highest BCUT2D eigenvalue weighted by molar-refractivity contribution is 5.26. The molecule has 0 bridgehead atoms. The van der Waals surface area contributed by atoms with Crippen LogP contribution in [-0.4, -0.2) is 0 Å². The van der Waals surface area contributed by atoms with Gasteiger partial charge in [0, 0.05) is 13.1 Å². The summed E-state index contributed by atoms with van der Waals surface area (Å²) in [6.45, 7) is 4.98. The Balaban J connectivity index is 2.74. The highest BCUT2D eigenvalue weighted by atomic mass is 14.8. The van der Waals surface area contributed by atoms with Gasteiger partial charge in [0.05, 0.1) is 0 Å². The SMILES string of the molecule is C=CNCc1ccccc1CN. The van der Waals surface area contributed by atoms with Crippen molar-refractivity contribution in [3.05, 3.63) is 48.2 Å². The molecule has 2 heteroatoms. The quantitative estimate of drug-likeness (QED) is 0.702. The molecular weight excluding hydrogens is 148 g/mol. The second-order valence-corrected chi connectivity index (χ2v) is 2.56. The summed E-state index contributed by atoms with van der Waals surface area (Å²) in [5.41, 5.74) is 7.99. The van der Waals surface area contributed by atoms with Crippen molar-refractivity contribution in [1.82, 2.24) is 5.32 Å². The molecule has 0 atom stereocenters. The first-order chi connectivity index (χ1) is 5.88. The minimum Gasteiger partial charge on any atom is -0.387 e. The van der Waals surface area contributed by atoms with Crippen LogP contribution in [0.25, 0.3) is 0 Å². The van der Waals surface area contributed by atoms with Gasteiger partial charge in [0.2, 0.25) is 0 Å². The van der Waals surface area contributed by atoms with Crippen LogP contribution in [0, 0.1) is 0 Å². The molecular formula is C10H14N2. The Labute approximate surface area is 73.1 Å². The second-order valence-electron chi connectivity index (χ2n) is 2.56. The zero-order chi connectivity index (χ0) is 8.81. The fourth-order valence-corrected chi connectivity index (χ4v) is 1.11. The third kappa shape index (κ3) is 2.10. The Kier molecular flexibility index (Phi) is 3.35. The molecule has 1 aromatic carbocycles. The first-order valence-corrected chi connectivity index (χ1v) is 3.99. The van der Waals surface area contributed by atoms with Crippen LogP contribution in [-0.2, 0) is 13.1 Å². The summed E-state index contributed by atoms with van der Waals surface area (Å²) in [6.07, 6.45) is 1.69. The van der Waals surface area contributed by atoms with Crippen LogP contribution < -0.4 is 11.1 Å². The Morgan fingerprint density at radius 2 is 2.00 bits per heavy atom. The van der Waals surface area contributed by atoms with E-state index >= 15 is 0 Å². The number of hydrogen-bond donors (Lipinski definition) is 2. The van der Waals surface area contributed by atoms with Crippen molar-refractivity contribution in [2.24, 2.45) is 5.73 Å². The van der Waals surface area contributed by atoms with Gasteiger partial charge in [-0.3, -0.25) is 0 Å². The maximum absolute atomic E-state index is 5.57. The predicted octanol–water partition coefficient (Wildman–Crippen LogP) is 1.38. The van der Waals surface area contributed by atoms with Gasteiger partial charge in [-0.25, -0.2) is 0 Å². The summed E-state index contributed by atoms with van der Waals surface area (Å²) in [5.74, 6) is 0. The van der Waals surface area contributed by atoms with Crippen LogP contribution in [0.2, 0.25) is 0 Å². The molecule has 2 nitrogen and oxygen atoms in total. The van der Waals surface area contributed by atoms with E-state index in [4.69, 9.17) is 5.73 Å². The lowest BCUT2D eigenvalue weighted by Crippen LogP contribution is -2.08. The van der Waals surface area contributed by atoms with Crippen molar-refractivity contribution < 1.29 is 0 Å². The molecule has 64 valence electrons. The van der Waals surface area contributed by atoms with Crippen LogP contribution in [0.1, 0.15) is 11.1 Å². The molecule has 0 unspecified atom stereocenters. The van der Waals surface area contributed by atoms with Crippen LogP contribution in [0.4, 0.5) is 0 Å². The van der Waals surface area contributed by atoms with E-state index in [2.05, 4.69) is 18.0 Å². The van der Waals surface area contributed by atoms with Crippen molar-refractivity contribution in [3.8, 4) is 0 Å². The fourth-order valence-electron chi connectivity index (χ4n) is 1.11. The molecule has 0 saturated carbocycles. The minimum atomic E-state index is 0.592. The third-order valence-electron chi connectivity index (χ3n) is 1.78. The van der Waals surface area contributed by atoms with Gasteiger partial charge in [-0.1, -0.05) is 30.8 Å². The summed E-state index contributed by atoms with van der Waals surface area (Å²) < 4.78 is 0. The van der Waals surface area contributed by atoms with E-state index in [1.807, 2.05) is 18.2 Å². The number of benzene rings is 1. The van der Waals surface area contributed by atoms with E-state index in [9.17, 15) is 0 Å². The first kappa shape index (κ1) is 8.81. The highest BCUT2D eigenvalue weighted by Gasteiger charge is 1.96. The smallest absolute Gasteiger partial charge is 0.0398 e. The Hall–Kier alpha value is -1.28. The van der Waals surface area contributed by atoms with Gasteiger partial charge < -0.3 is 11.1 Å². The molecule has 3 N–H and O–H groups in total. The van der Waals surface area contributed by atoms with Crippen molar-refractivity contribution in [2.45, 2.75) is 13.1 Å². The Morgan fingerprint density at radius 3 is 2.58 bits per heavy atom. The Morgan fingerprint density at radius 1 is 1.33 bits per heavy atom. The third-order valence-corrected chi connectivity index (χ3v) is 1.78. The van der Waals surface area contributed by atoms with E-state index in [1.165, 1.54) is 11.1 Å². The summed E-state index contributed by atoms with van der Waals surface area (Å²) in [5, 5.41) is 3.05. The molecule has 1 rings (SSSR count). The molecule has 12 heavy (non-hydrogen) atoms. The molecule has 0 amide bonds. The largest absolute Gasteiger partial charge is 0.387 e. The van der Waals surface area contributed by atoms with Gasteiger partial charge in [0.15, 0.2) is 0 Å². The maximum Gasteiger partial charge on any atom is 0.0398 e. The van der Waals surface area contributed by atoms with Crippen LogP contribution in [0.15, 0.2) is 37.0 Å². The van der Waals surface area contributed by atoms with Gasteiger partial charge in [-0.15, -0.1) is 0 Å². The number of rotatable bonds is 4. The lowest BCUT2D eigenvalue weighted by Gasteiger charge is -2.06. The van der Waals surface area contributed by atoms with Crippen LogP contribution in [0.3, 0.4) is 0 Å².